The lowest BCUT2D eigenvalue weighted by Gasteiger charge is -2.29. The van der Waals surface area contributed by atoms with Gasteiger partial charge in [-0.25, -0.2) is 0 Å². The second kappa shape index (κ2) is 7.44. The first-order valence-electron chi connectivity index (χ1n) is 7.37. The zero-order chi connectivity index (χ0) is 17.1. The maximum Gasteiger partial charge on any atom is 0.255 e. The molecule has 0 bridgehead atoms. The Morgan fingerprint density at radius 3 is 2.96 bits per heavy atom. The summed E-state index contributed by atoms with van der Waals surface area (Å²) < 4.78 is 0. The van der Waals surface area contributed by atoms with E-state index in [1.807, 2.05) is 12.1 Å². The number of imide groups is 1. The number of hydrogen-bond donors (Lipinski definition) is 2. The van der Waals surface area contributed by atoms with Crippen molar-refractivity contribution in [1.29, 1.82) is 0 Å². The smallest absolute Gasteiger partial charge is 0.255 e. The van der Waals surface area contributed by atoms with Crippen molar-refractivity contribution in [2.75, 3.05) is 11.9 Å². The fourth-order valence-corrected chi connectivity index (χ4v) is 3.55. The fraction of sp³-hybridized carbons (Fsp3) is 0.312. The van der Waals surface area contributed by atoms with Gasteiger partial charge in [0.1, 0.15) is 6.04 Å². The van der Waals surface area contributed by atoms with Crippen LogP contribution in [0.1, 0.15) is 28.8 Å². The number of carbonyl (C=O) groups is 3. The number of amides is 3. The van der Waals surface area contributed by atoms with Crippen LogP contribution >= 0.6 is 30.1 Å². The molecule has 2 heterocycles. The van der Waals surface area contributed by atoms with E-state index in [0.29, 0.717) is 25.1 Å². The van der Waals surface area contributed by atoms with Crippen molar-refractivity contribution in [1.82, 2.24) is 10.2 Å². The molecule has 0 radical (unpaired) electrons. The molecule has 24 heavy (non-hydrogen) atoms. The highest BCUT2D eigenvalue weighted by molar-refractivity contribution is 14.2. The van der Waals surface area contributed by atoms with Gasteiger partial charge in [-0.05, 0) is 32.7 Å². The third-order valence-electron chi connectivity index (χ3n) is 4.06. The third kappa shape index (κ3) is 3.37. The Morgan fingerprint density at radius 1 is 1.38 bits per heavy atom. The van der Waals surface area contributed by atoms with E-state index in [-0.39, 0.29) is 18.2 Å². The lowest BCUT2D eigenvalue weighted by molar-refractivity contribution is -0.136. The van der Waals surface area contributed by atoms with Gasteiger partial charge in [0.15, 0.2) is 0 Å². The van der Waals surface area contributed by atoms with Gasteiger partial charge in [0.05, 0.1) is 6.54 Å². The van der Waals surface area contributed by atoms with Crippen molar-refractivity contribution in [2.24, 2.45) is 0 Å². The monoisotopic (exact) mass is 455 g/mol. The van der Waals surface area contributed by atoms with Gasteiger partial charge in [-0.15, -0.1) is 0 Å². The zero-order valence-corrected chi connectivity index (χ0v) is 15.6. The van der Waals surface area contributed by atoms with Gasteiger partial charge in [0.2, 0.25) is 11.8 Å². The average Bonchev–Trinajstić information content (AvgIpc) is 2.89. The largest absolute Gasteiger partial charge is 0.374 e. The molecule has 0 aromatic heterocycles. The SMILES string of the molecule is O=C1CCC(N2Cc3c(NCC#CSI)cccc3C2=O)C(=O)N1. The predicted octanol–water partition coefficient (Wildman–Crippen LogP) is 1.90. The van der Waals surface area contributed by atoms with E-state index in [0.717, 1.165) is 11.3 Å². The first-order valence-corrected chi connectivity index (χ1v) is 10.7. The number of nitrogens with zero attached hydrogens (tertiary/aromatic N) is 1. The molecule has 0 saturated carbocycles. The van der Waals surface area contributed by atoms with Gasteiger partial charge in [-0.3, -0.25) is 19.7 Å². The summed E-state index contributed by atoms with van der Waals surface area (Å²) in [5.74, 6) is 2.12. The molecule has 1 aromatic rings. The molecule has 3 rings (SSSR count). The number of hydrogen-bond acceptors (Lipinski definition) is 5. The van der Waals surface area contributed by atoms with Gasteiger partial charge in [0.25, 0.3) is 5.91 Å². The molecule has 1 unspecified atom stereocenters. The van der Waals surface area contributed by atoms with E-state index < -0.39 is 11.9 Å². The lowest BCUT2D eigenvalue weighted by atomic mass is 10.0. The topological polar surface area (TPSA) is 78.5 Å². The van der Waals surface area contributed by atoms with Crippen LogP contribution in [-0.4, -0.2) is 35.2 Å². The van der Waals surface area contributed by atoms with E-state index in [1.54, 1.807) is 11.0 Å². The molecular formula is C16H14IN3O3S. The summed E-state index contributed by atoms with van der Waals surface area (Å²) in [6.45, 7) is 0.844. The van der Waals surface area contributed by atoms with Gasteiger partial charge in [-0.1, -0.05) is 12.0 Å². The van der Waals surface area contributed by atoms with Crippen molar-refractivity contribution in [3.63, 3.8) is 0 Å². The van der Waals surface area contributed by atoms with Crippen molar-refractivity contribution in [3.8, 4) is 11.2 Å². The molecule has 1 fully saturated rings. The molecule has 2 aliphatic heterocycles. The Labute approximate surface area is 155 Å². The summed E-state index contributed by atoms with van der Waals surface area (Å²) in [5.41, 5.74) is 2.32. The van der Waals surface area contributed by atoms with Crippen molar-refractivity contribution in [2.45, 2.75) is 25.4 Å². The number of rotatable bonds is 3. The summed E-state index contributed by atoms with van der Waals surface area (Å²) in [6, 6.07) is 4.89. The first kappa shape index (κ1) is 17.1. The van der Waals surface area contributed by atoms with Crippen LogP contribution in [-0.2, 0) is 16.1 Å². The van der Waals surface area contributed by atoms with Crippen LogP contribution in [0.25, 0.3) is 0 Å². The van der Waals surface area contributed by atoms with E-state index >= 15 is 0 Å². The van der Waals surface area contributed by atoms with Gasteiger partial charge >= 0.3 is 0 Å². The summed E-state index contributed by atoms with van der Waals surface area (Å²) in [6.07, 6.45) is 0.622. The maximum absolute atomic E-state index is 12.7. The number of fused-ring (bicyclic) bond motifs is 1. The number of piperidine rings is 1. The molecular weight excluding hydrogens is 441 g/mol. The molecule has 1 atom stereocenters. The number of anilines is 1. The lowest BCUT2D eigenvalue weighted by Crippen LogP contribution is -2.52. The zero-order valence-electron chi connectivity index (χ0n) is 12.6. The Balaban J connectivity index is 1.79. The fourth-order valence-electron chi connectivity index (χ4n) is 2.95. The van der Waals surface area contributed by atoms with E-state index in [1.165, 1.54) is 8.93 Å². The maximum atomic E-state index is 12.7. The normalized spacial score (nSPS) is 19.5. The number of benzene rings is 1. The summed E-state index contributed by atoms with van der Waals surface area (Å²) in [4.78, 5) is 37.6. The molecule has 3 amide bonds. The van der Waals surface area contributed by atoms with Crippen molar-refractivity contribution >= 4 is 53.5 Å². The number of carbonyl (C=O) groups excluding carboxylic acids is 3. The summed E-state index contributed by atoms with van der Waals surface area (Å²) >= 11 is 2.11. The van der Waals surface area contributed by atoms with Crippen LogP contribution in [0.5, 0.6) is 0 Å². The molecule has 0 spiro atoms. The van der Waals surface area contributed by atoms with E-state index in [9.17, 15) is 14.4 Å². The van der Waals surface area contributed by atoms with Crippen molar-refractivity contribution in [3.05, 3.63) is 29.3 Å². The van der Waals surface area contributed by atoms with Crippen LogP contribution in [0.4, 0.5) is 5.69 Å². The van der Waals surface area contributed by atoms with Crippen LogP contribution in [0.3, 0.4) is 0 Å². The molecule has 2 N–H and O–H groups in total. The van der Waals surface area contributed by atoms with E-state index in [2.05, 4.69) is 43.0 Å². The van der Waals surface area contributed by atoms with Gasteiger partial charge in [-0.2, -0.15) is 0 Å². The van der Waals surface area contributed by atoms with E-state index in [4.69, 9.17) is 0 Å². The Hall–Kier alpha value is -1.73. The molecule has 1 aromatic carbocycles. The highest BCUT2D eigenvalue weighted by atomic mass is 127. The molecule has 0 aliphatic carbocycles. The Bertz CT molecular complexity index is 772. The standard InChI is InChI=1S/C16H14IN3O3S/c17-24-8-2-7-18-12-4-1-3-10-11(12)9-20(16(10)23)13-5-6-14(21)19-15(13)22/h1,3-4,13,18H,5-7,9H2,(H,19,21,22). The Morgan fingerprint density at radius 2 is 2.21 bits per heavy atom. The van der Waals surface area contributed by atoms with Crippen molar-refractivity contribution < 1.29 is 14.4 Å². The minimum Gasteiger partial charge on any atom is -0.374 e. The summed E-state index contributed by atoms with van der Waals surface area (Å²) in [7, 11) is 1.42. The highest BCUT2D eigenvalue weighted by Crippen LogP contribution is 2.32. The highest BCUT2D eigenvalue weighted by Gasteiger charge is 2.39. The molecule has 8 heteroatoms. The molecule has 6 nitrogen and oxygen atoms in total. The third-order valence-corrected chi connectivity index (χ3v) is 4.94. The second-order valence-electron chi connectivity index (χ2n) is 5.44. The van der Waals surface area contributed by atoms with Gasteiger partial charge < -0.3 is 10.2 Å². The Kier molecular flexibility index (Phi) is 5.30. The van der Waals surface area contributed by atoms with Crippen LogP contribution in [0.2, 0.25) is 0 Å². The summed E-state index contributed by atoms with van der Waals surface area (Å²) in [5, 5.41) is 8.42. The van der Waals surface area contributed by atoms with Gasteiger partial charge in [0, 0.05) is 51.0 Å². The number of halogens is 1. The average molecular weight is 455 g/mol. The quantitative estimate of drug-likeness (QED) is 0.414. The molecule has 2 aliphatic rings. The first-order chi connectivity index (χ1) is 11.6. The number of nitrogens with one attached hydrogen (secondary N) is 2. The second-order valence-corrected chi connectivity index (χ2v) is 7.12. The van der Waals surface area contributed by atoms with Crippen LogP contribution in [0, 0.1) is 11.2 Å². The molecule has 124 valence electrons. The predicted molar refractivity (Wildman–Crippen MR) is 100 cm³/mol. The molecule has 1 saturated heterocycles. The van der Waals surface area contributed by atoms with Crippen LogP contribution < -0.4 is 10.6 Å². The minimum absolute atomic E-state index is 0.169. The van der Waals surface area contributed by atoms with Crippen LogP contribution in [0.15, 0.2) is 18.2 Å². The minimum atomic E-state index is -0.592.